The van der Waals surface area contributed by atoms with E-state index in [1.807, 2.05) is 19.9 Å². The van der Waals surface area contributed by atoms with Crippen LogP contribution in [0.4, 0.5) is 0 Å². The predicted molar refractivity (Wildman–Crippen MR) is 40.3 cm³/mol. The van der Waals surface area contributed by atoms with Gasteiger partial charge in [-0.2, -0.15) is 0 Å². The van der Waals surface area contributed by atoms with Gasteiger partial charge in [-0.1, -0.05) is 17.7 Å². The van der Waals surface area contributed by atoms with Gasteiger partial charge in [0.15, 0.2) is 0 Å². The summed E-state index contributed by atoms with van der Waals surface area (Å²) < 4.78 is 0. The molecule has 0 rings (SSSR count). The van der Waals surface area contributed by atoms with Gasteiger partial charge in [-0.25, -0.2) is 0 Å². The molecule has 52 valence electrons. The van der Waals surface area contributed by atoms with E-state index in [4.69, 9.17) is 5.11 Å². The zero-order chi connectivity index (χ0) is 7.28. The van der Waals surface area contributed by atoms with Crippen molar-refractivity contribution in [3.63, 3.8) is 0 Å². The Kier molecular flexibility index (Phi) is 4.06. The molecular formula is C8H14O. The predicted octanol–water partition coefficient (Wildman–Crippen LogP) is 1.89. The van der Waals surface area contributed by atoms with E-state index in [1.165, 1.54) is 0 Å². The average Bonchev–Trinajstić information content (AvgIpc) is 1.63. The third kappa shape index (κ3) is 5.31. The molecule has 1 N–H and O–H groups in total. The highest BCUT2D eigenvalue weighted by Gasteiger charge is 1.95. The molecule has 1 heteroatoms. The minimum Gasteiger partial charge on any atom is -0.389 e. The van der Waals surface area contributed by atoms with Crippen LogP contribution in [0, 0.1) is 0 Å². The minimum absolute atomic E-state index is 0.340. The second-order valence-electron chi connectivity index (χ2n) is 2.25. The second-order valence-corrected chi connectivity index (χ2v) is 2.25. The Hall–Kier alpha value is -0.560. The topological polar surface area (TPSA) is 20.2 Å². The Balaban J connectivity index is 3.50. The first-order valence-electron chi connectivity index (χ1n) is 3.12. The molecule has 0 amide bonds. The Bertz CT molecular complexity index is 114. The van der Waals surface area contributed by atoms with Gasteiger partial charge in [0.2, 0.25) is 0 Å². The van der Waals surface area contributed by atoms with Gasteiger partial charge in [-0.05, 0) is 20.3 Å². The van der Waals surface area contributed by atoms with Gasteiger partial charge < -0.3 is 5.11 Å². The summed E-state index contributed by atoms with van der Waals surface area (Å²) in [7, 11) is 0. The van der Waals surface area contributed by atoms with Crippen LogP contribution in [-0.4, -0.2) is 11.2 Å². The van der Waals surface area contributed by atoms with Crippen LogP contribution in [0.5, 0.6) is 0 Å². The van der Waals surface area contributed by atoms with Gasteiger partial charge in [0.25, 0.3) is 0 Å². The lowest BCUT2D eigenvalue weighted by Crippen LogP contribution is -2.00. The summed E-state index contributed by atoms with van der Waals surface area (Å²) in [5, 5.41) is 9.07. The van der Waals surface area contributed by atoms with Crippen LogP contribution in [0.15, 0.2) is 24.3 Å². The van der Waals surface area contributed by atoms with E-state index in [9.17, 15) is 0 Å². The quantitative estimate of drug-likeness (QED) is 0.572. The largest absolute Gasteiger partial charge is 0.389 e. The highest BCUT2D eigenvalue weighted by atomic mass is 16.3. The molecule has 0 aliphatic rings. The molecule has 1 nitrogen and oxygen atoms in total. The first kappa shape index (κ1) is 8.44. The fourth-order valence-corrected chi connectivity index (χ4v) is 0.647. The van der Waals surface area contributed by atoms with Crippen molar-refractivity contribution in [2.24, 2.45) is 0 Å². The van der Waals surface area contributed by atoms with Crippen molar-refractivity contribution in [3.8, 4) is 0 Å². The molecule has 0 aromatic carbocycles. The van der Waals surface area contributed by atoms with Crippen molar-refractivity contribution >= 4 is 0 Å². The lowest BCUT2D eigenvalue weighted by atomic mass is 10.1. The van der Waals surface area contributed by atoms with Crippen molar-refractivity contribution in [3.05, 3.63) is 24.3 Å². The third-order valence-electron chi connectivity index (χ3n) is 0.972. The summed E-state index contributed by atoms with van der Waals surface area (Å²) >= 11 is 0. The molecule has 0 aliphatic carbocycles. The number of allylic oxidation sites excluding steroid dienone is 1. The maximum Gasteiger partial charge on any atom is 0.0757 e. The minimum atomic E-state index is -0.340. The first-order valence-corrected chi connectivity index (χ1v) is 3.12. The van der Waals surface area contributed by atoms with E-state index in [1.54, 1.807) is 6.08 Å². The van der Waals surface area contributed by atoms with E-state index in [0.29, 0.717) is 6.42 Å². The molecule has 0 heterocycles. The maximum atomic E-state index is 9.07. The average molecular weight is 126 g/mol. The van der Waals surface area contributed by atoms with Gasteiger partial charge in [-0.15, -0.1) is 6.58 Å². The lowest BCUT2D eigenvalue weighted by Gasteiger charge is -2.02. The van der Waals surface area contributed by atoms with Crippen molar-refractivity contribution in [1.82, 2.24) is 0 Å². The molecule has 0 saturated carbocycles. The third-order valence-corrected chi connectivity index (χ3v) is 0.972. The van der Waals surface area contributed by atoms with Gasteiger partial charge in [-0.3, -0.25) is 0 Å². The molecule has 0 radical (unpaired) electrons. The van der Waals surface area contributed by atoms with Gasteiger partial charge in [0.1, 0.15) is 0 Å². The fraction of sp³-hybridized carbons (Fsp3) is 0.500. The Morgan fingerprint density at radius 1 is 1.78 bits per heavy atom. The van der Waals surface area contributed by atoms with Crippen LogP contribution in [0.1, 0.15) is 20.3 Å². The van der Waals surface area contributed by atoms with Crippen molar-refractivity contribution in [2.75, 3.05) is 0 Å². The standard InChI is InChI=1S/C8H14O/c1-4-5-8(9)6-7(2)3/h4-5,8-9H,2,6H2,1,3H3/b5-4+/t8-/m0/s1. The lowest BCUT2D eigenvalue weighted by molar-refractivity contribution is 0.223. The molecule has 0 aromatic heterocycles. The molecule has 9 heavy (non-hydrogen) atoms. The maximum absolute atomic E-state index is 9.07. The molecule has 0 saturated heterocycles. The van der Waals surface area contributed by atoms with Gasteiger partial charge >= 0.3 is 0 Å². The Morgan fingerprint density at radius 2 is 2.33 bits per heavy atom. The van der Waals surface area contributed by atoms with Crippen LogP contribution in [0.3, 0.4) is 0 Å². The van der Waals surface area contributed by atoms with Gasteiger partial charge in [0.05, 0.1) is 6.10 Å². The summed E-state index contributed by atoms with van der Waals surface area (Å²) in [5.74, 6) is 0. The van der Waals surface area contributed by atoms with E-state index < -0.39 is 0 Å². The Morgan fingerprint density at radius 3 is 2.67 bits per heavy atom. The summed E-state index contributed by atoms with van der Waals surface area (Å²) in [6.45, 7) is 7.48. The van der Waals surface area contributed by atoms with Crippen molar-refractivity contribution < 1.29 is 5.11 Å². The fourth-order valence-electron chi connectivity index (χ4n) is 0.647. The first-order chi connectivity index (χ1) is 4.16. The van der Waals surface area contributed by atoms with Gasteiger partial charge in [0, 0.05) is 0 Å². The molecule has 0 aromatic rings. The number of hydrogen-bond donors (Lipinski definition) is 1. The molecule has 1 atom stereocenters. The van der Waals surface area contributed by atoms with Crippen LogP contribution in [0.25, 0.3) is 0 Å². The van der Waals surface area contributed by atoms with E-state index in [0.717, 1.165) is 5.57 Å². The van der Waals surface area contributed by atoms with Crippen LogP contribution >= 0.6 is 0 Å². The molecular weight excluding hydrogens is 112 g/mol. The highest BCUT2D eigenvalue weighted by molar-refractivity contribution is 4.97. The normalized spacial score (nSPS) is 14.1. The zero-order valence-corrected chi connectivity index (χ0v) is 6.09. The highest BCUT2D eigenvalue weighted by Crippen LogP contribution is 2.01. The van der Waals surface area contributed by atoms with Crippen molar-refractivity contribution in [1.29, 1.82) is 0 Å². The molecule has 0 fully saturated rings. The van der Waals surface area contributed by atoms with E-state index in [2.05, 4.69) is 6.58 Å². The second kappa shape index (κ2) is 4.33. The smallest absolute Gasteiger partial charge is 0.0757 e. The number of rotatable bonds is 3. The molecule has 0 spiro atoms. The Labute approximate surface area is 56.7 Å². The van der Waals surface area contributed by atoms with Crippen LogP contribution in [-0.2, 0) is 0 Å². The number of aliphatic hydroxyl groups excluding tert-OH is 1. The molecule has 0 unspecified atom stereocenters. The SMILES string of the molecule is C=C(C)C[C@@H](O)/C=C/C. The summed E-state index contributed by atoms with van der Waals surface area (Å²) in [6.07, 6.45) is 3.93. The monoisotopic (exact) mass is 126 g/mol. The van der Waals surface area contributed by atoms with Crippen LogP contribution in [0.2, 0.25) is 0 Å². The molecule has 0 aliphatic heterocycles. The summed E-state index contributed by atoms with van der Waals surface area (Å²) in [4.78, 5) is 0. The zero-order valence-electron chi connectivity index (χ0n) is 6.09. The summed E-state index contributed by atoms with van der Waals surface area (Å²) in [6, 6.07) is 0. The number of aliphatic hydroxyl groups is 1. The van der Waals surface area contributed by atoms with E-state index in [-0.39, 0.29) is 6.10 Å². The summed E-state index contributed by atoms with van der Waals surface area (Å²) in [5.41, 5.74) is 1.01. The number of hydrogen-bond acceptors (Lipinski definition) is 1. The van der Waals surface area contributed by atoms with Crippen molar-refractivity contribution in [2.45, 2.75) is 26.4 Å². The van der Waals surface area contributed by atoms with Crippen LogP contribution < -0.4 is 0 Å². The molecule has 0 bridgehead atoms. The van der Waals surface area contributed by atoms with E-state index >= 15 is 0 Å².